The van der Waals surface area contributed by atoms with Crippen LogP contribution < -0.4 is 5.32 Å². The third-order valence-corrected chi connectivity index (χ3v) is 5.02. The van der Waals surface area contributed by atoms with Crippen molar-refractivity contribution in [2.24, 2.45) is 5.92 Å². The van der Waals surface area contributed by atoms with E-state index in [1.54, 1.807) is 13.8 Å². The third-order valence-electron chi connectivity index (χ3n) is 5.02. The van der Waals surface area contributed by atoms with E-state index in [9.17, 15) is 14.4 Å². The van der Waals surface area contributed by atoms with E-state index in [1.807, 2.05) is 30.3 Å². The molecule has 0 heterocycles. The van der Waals surface area contributed by atoms with Crippen molar-refractivity contribution in [2.75, 3.05) is 13.7 Å². The van der Waals surface area contributed by atoms with Gasteiger partial charge in [-0.1, -0.05) is 61.5 Å². The number of ether oxygens (including phenoxy) is 2. The number of esters is 2. The number of rotatable bonds is 11. The predicted octanol–water partition coefficient (Wildman–Crippen LogP) is 3.92. The molecule has 31 heavy (non-hydrogen) atoms. The molecule has 0 aliphatic rings. The fourth-order valence-corrected chi connectivity index (χ4v) is 3.37. The zero-order valence-electron chi connectivity index (χ0n) is 18.4. The second-order valence-electron chi connectivity index (χ2n) is 7.50. The van der Waals surface area contributed by atoms with Crippen molar-refractivity contribution >= 4 is 17.8 Å². The summed E-state index contributed by atoms with van der Waals surface area (Å²) >= 11 is 0. The first-order valence-corrected chi connectivity index (χ1v) is 10.6. The Morgan fingerprint density at radius 2 is 1.58 bits per heavy atom. The number of carbonyl (C=O) groups is 3. The van der Waals surface area contributed by atoms with Crippen LogP contribution in [0.15, 0.2) is 54.6 Å². The zero-order chi connectivity index (χ0) is 22.6. The maximum Gasteiger partial charge on any atom is 0.308 e. The van der Waals surface area contributed by atoms with Gasteiger partial charge in [-0.15, -0.1) is 0 Å². The summed E-state index contributed by atoms with van der Waals surface area (Å²) in [6.45, 7) is 3.88. The standard InChI is InChI=1S/C25H31NO5/c1-4-31-25(29)18(2)16-22(26-23(27)14-15-24(28)30-3)17-19-10-12-21(13-11-19)20-8-6-5-7-9-20/h5-13,18,22H,4,14-17H2,1-3H3,(H,26,27)/t18-,22?/m1/s1. The quantitative estimate of drug-likeness (QED) is 0.552. The van der Waals surface area contributed by atoms with Crippen LogP contribution in [-0.2, 0) is 30.3 Å². The van der Waals surface area contributed by atoms with Crippen molar-refractivity contribution in [3.05, 3.63) is 60.2 Å². The summed E-state index contributed by atoms with van der Waals surface area (Å²) in [5, 5.41) is 2.96. The van der Waals surface area contributed by atoms with E-state index in [1.165, 1.54) is 7.11 Å². The summed E-state index contributed by atoms with van der Waals surface area (Å²) in [7, 11) is 1.29. The molecule has 0 bridgehead atoms. The molecule has 0 radical (unpaired) electrons. The Bertz CT molecular complexity index is 848. The molecule has 0 saturated heterocycles. The molecule has 6 nitrogen and oxygen atoms in total. The highest BCUT2D eigenvalue weighted by Crippen LogP contribution is 2.21. The molecular weight excluding hydrogens is 394 g/mol. The molecule has 2 aromatic carbocycles. The van der Waals surface area contributed by atoms with Crippen LogP contribution in [-0.4, -0.2) is 37.6 Å². The Morgan fingerprint density at radius 3 is 2.19 bits per heavy atom. The van der Waals surface area contributed by atoms with E-state index in [4.69, 9.17) is 4.74 Å². The summed E-state index contributed by atoms with van der Waals surface area (Å²) in [6.07, 6.45) is 1.09. The lowest BCUT2D eigenvalue weighted by atomic mass is 9.94. The van der Waals surface area contributed by atoms with Crippen molar-refractivity contribution in [3.8, 4) is 11.1 Å². The highest BCUT2D eigenvalue weighted by molar-refractivity contribution is 5.81. The highest BCUT2D eigenvalue weighted by atomic mass is 16.5. The Balaban J connectivity index is 2.06. The summed E-state index contributed by atoms with van der Waals surface area (Å²) in [5.41, 5.74) is 3.30. The maximum absolute atomic E-state index is 12.3. The summed E-state index contributed by atoms with van der Waals surface area (Å²) < 4.78 is 9.70. The van der Waals surface area contributed by atoms with Crippen molar-refractivity contribution < 1.29 is 23.9 Å². The van der Waals surface area contributed by atoms with Gasteiger partial charge in [0.15, 0.2) is 0 Å². The van der Waals surface area contributed by atoms with Crippen LogP contribution in [0, 0.1) is 5.92 Å². The van der Waals surface area contributed by atoms with Crippen molar-refractivity contribution in [3.63, 3.8) is 0 Å². The van der Waals surface area contributed by atoms with Crippen LogP contribution in [0.2, 0.25) is 0 Å². The van der Waals surface area contributed by atoms with Gasteiger partial charge in [0.2, 0.25) is 5.91 Å². The van der Waals surface area contributed by atoms with Crippen molar-refractivity contribution in [1.82, 2.24) is 5.32 Å². The van der Waals surface area contributed by atoms with Gasteiger partial charge in [-0.05, 0) is 36.5 Å². The first-order chi connectivity index (χ1) is 14.9. The monoisotopic (exact) mass is 425 g/mol. The van der Waals surface area contributed by atoms with Crippen LogP contribution in [0.1, 0.15) is 38.7 Å². The Kier molecular flexibility index (Phi) is 9.75. The van der Waals surface area contributed by atoms with E-state index >= 15 is 0 Å². The molecular formula is C25H31NO5. The SMILES string of the molecule is CCOC(=O)[C@H](C)CC(Cc1ccc(-c2ccccc2)cc1)NC(=O)CCC(=O)OC. The van der Waals surface area contributed by atoms with Gasteiger partial charge in [0.05, 0.1) is 26.1 Å². The van der Waals surface area contributed by atoms with Crippen LogP contribution in [0.3, 0.4) is 0 Å². The minimum Gasteiger partial charge on any atom is -0.469 e. The van der Waals surface area contributed by atoms with Gasteiger partial charge in [0.1, 0.15) is 0 Å². The molecule has 2 aromatic rings. The normalized spacial score (nSPS) is 12.5. The lowest BCUT2D eigenvalue weighted by molar-refractivity contribution is -0.148. The minimum absolute atomic E-state index is 0.0221. The molecule has 166 valence electrons. The first kappa shape index (κ1) is 24.1. The fourth-order valence-electron chi connectivity index (χ4n) is 3.37. The number of hydrogen-bond acceptors (Lipinski definition) is 5. The van der Waals surface area contributed by atoms with E-state index < -0.39 is 5.97 Å². The Hall–Kier alpha value is -3.15. The number of benzene rings is 2. The van der Waals surface area contributed by atoms with E-state index in [0.29, 0.717) is 19.4 Å². The van der Waals surface area contributed by atoms with Gasteiger partial charge >= 0.3 is 11.9 Å². The number of carbonyl (C=O) groups excluding carboxylic acids is 3. The van der Waals surface area contributed by atoms with Crippen molar-refractivity contribution in [2.45, 2.75) is 45.6 Å². The molecule has 0 saturated carbocycles. The molecule has 2 atom stereocenters. The molecule has 0 aliphatic heterocycles. The molecule has 2 rings (SSSR count). The fraction of sp³-hybridized carbons (Fsp3) is 0.400. The number of methoxy groups -OCH3 is 1. The maximum atomic E-state index is 12.3. The smallest absolute Gasteiger partial charge is 0.308 e. The third kappa shape index (κ3) is 8.24. The van der Waals surface area contributed by atoms with E-state index in [-0.39, 0.29) is 36.7 Å². The van der Waals surface area contributed by atoms with Gasteiger partial charge in [-0.25, -0.2) is 0 Å². The average Bonchev–Trinajstić information content (AvgIpc) is 2.78. The van der Waals surface area contributed by atoms with E-state index in [2.05, 4.69) is 34.3 Å². The van der Waals surface area contributed by atoms with Gasteiger partial charge in [0.25, 0.3) is 0 Å². The molecule has 0 aliphatic carbocycles. The summed E-state index contributed by atoms with van der Waals surface area (Å²) in [5.74, 6) is -1.30. The zero-order valence-corrected chi connectivity index (χ0v) is 18.4. The summed E-state index contributed by atoms with van der Waals surface area (Å²) in [6, 6.07) is 18.0. The molecule has 0 spiro atoms. The Labute approximate surface area is 183 Å². The van der Waals surface area contributed by atoms with Gasteiger partial charge in [0, 0.05) is 12.5 Å². The van der Waals surface area contributed by atoms with Crippen molar-refractivity contribution in [1.29, 1.82) is 0 Å². The largest absolute Gasteiger partial charge is 0.469 e. The highest BCUT2D eigenvalue weighted by Gasteiger charge is 2.22. The molecule has 0 aromatic heterocycles. The van der Waals surface area contributed by atoms with Gasteiger partial charge in [-0.2, -0.15) is 0 Å². The van der Waals surface area contributed by atoms with E-state index in [0.717, 1.165) is 16.7 Å². The van der Waals surface area contributed by atoms with Crippen LogP contribution in [0.25, 0.3) is 11.1 Å². The van der Waals surface area contributed by atoms with Gasteiger partial charge in [-0.3, -0.25) is 14.4 Å². The number of amides is 1. The topological polar surface area (TPSA) is 81.7 Å². The molecule has 1 unspecified atom stereocenters. The molecule has 0 fully saturated rings. The molecule has 6 heteroatoms. The number of nitrogens with one attached hydrogen (secondary N) is 1. The average molecular weight is 426 g/mol. The predicted molar refractivity (Wildman–Crippen MR) is 119 cm³/mol. The minimum atomic E-state index is -0.428. The second kappa shape index (κ2) is 12.5. The number of hydrogen-bond donors (Lipinski definition) is 1. The second-order valence-corrected chi connectivity index (χ2v) is 7.50. The lowest BCUT2D eigenvalue weighted by Crippen LogP contribution is -2.39. The van der Waals surface area contributed by atoms with Crippen LogP contribution in [0.5, 0.6) is 0 Å². The molecule has 1 amide bonds. The van der Waals surface area contributed by atoms with Gasteiger partial charge < -0.3 is 14.8 Å². The lowest BCUT2D eigenvalue weighted by Gasteiger charge is -2.22. The van der Waals surface area contributed by atoms with Crippen LogP contribution >= 0.6 is 0 Å². The van der Waals surface area contributed by atoms with Crippen LogP contribution in [0.4, 0.5) is 0 Å². The first-order valence-electron chi connectivity index (χ1n) is 10.6. The Morgan fingerprint density at radius 1 is 0.935 bits per heavy atom. The summed E-state index contributed by atoms with van der Waals surface area (Å²) in [4.78, 5) is 35.7. The molecule has 1 N–H and O–H groups in total.